The van der Waals surface area contributed by atoms with Crippen molar-refractivity contribution in [1.82, 2.24) is 4.90 Å². The van der Waals surface area contributed by atoms with Gasteiger partial charge in [-0.2, -0.15) is 0 Å². The molecule has 1 atom stereocenters. The Morgan fingerprint density at radius 1 is 1.71 bits per heavy atom. The predicted molar refractivity (Wildman–Crippen MR) is 69.3 cm³/mol. The zero-order valence-electron chi connectivity index (χ0n) is 9.26. The molecule has 6 heteroatoms. The Morgan fingerprint density at radius 3 is 3.18 bits per heavy atom. The molecule has 1 aliphatic rings. The zero-order chi connectivity index (χ0) is 12.3. The largest absolute Gasteiger partial charge is 0.481 e. The van der Waals surface area contributed by atoms with E-state index in [1.807, 2.05) is 0 Å². The highest BCUT2D eigenvalue weighted by Gasteiger charge is 2.22. The van der Waals surface area contributed by atoms with Crippen molar-refractivity contribution in [2.75, 3.05) is 19.7 Å². The van der Waals surface area contributed by atoms with E-state index in [1.54, 1.807) is 11.3 Å². The third-order valence-electron chi connectivity index (χ3n) is 2.63. The molecule has 1 aromatic rings. The van der Waals surface area contributed by atoms with Gasteiger partial charge in [0.15, 0.2) is 0 Å². The first kappa shape index (κ1) is 13.0. The lowest BCUT2D eigenvalue weighted by atomic mass is 10.2. The Hall–Kier alpha value is -0.430. The van der Waals surface area contributed by atoms with Crippen molar-refractivity contribution in [2.24, 2.45) is 0 Å². The molecule has 2 rings (SSSR count). The topological polar surface area (TPSA) is 49.8 Å². The number of morpholine rings is 1. The van der Waals surface area contributed by atoms with Crippen LogP contribution in [-0.4, -0.2) is 41.8 Å². The molecule has 0 radical (unpaired) electrons. The van der Waals surface area contributed by atoms with Crippen LogP contribution in [0.15, 0.2) is 15.9 Å². The van der Waals surface area contributed by atoms with Gasteiger partial charge in [0.1, 0.15) is 0 Å². The Bertz CT molecular complexity index is 396. The number of halogens is 1. The van der Waals surface area contributed by atoms with Crippen molar-refractivity contribution in [1.29, 1.82) is 0 Å². The number of carboxylic acids is 1. The van der Waals surface area contributed by atoms with Crippen molar-refractivity contribution in [3.63, 3.8) is 0 Å². The first-order chi connectivity index (χ1) is 8.13. The Balaban J connectivity index is 1.87. The molecular formula is C11H14BrNO3S. The number of carboxylic acid groups (broad SMARTS) is 1. The van der Waals surface area contributed by atoms with Gasteiger partial charge in [0.05, 0.1) is 19.1 Å². The van der Waals surface area contributed by atoms with E-state index in [-0.39, 0.29) is 12.5 Å². The van der Waals surface area contributed by atoms with Crippen LogP contribution in [0.1, 0.15) is 11.3 Å². The van der Waals surface area contributed by atoms with Crippen molar-refractivity contribution < 1.29 is 14.6 Å². The molecule has 1 fully saturated rings. The lowest BCUT2D eigenvalue weighted by molar-refractivity contribution is -0.142. The molecule has 2 heterocycles. The van der Waals surface area contributed by atoms with E-state index in [4.69, 9.17) is 9.84 Å². The van der Waals surface area contributed by atoms with Gasteiger partial charge < -0.3 is 9.84 Å². The van der Waals surface area contributed by atoms with Crippen LogP contribution in [0.3, 0.4) is 0 Å². The van der Waals surface area contributed by atoms with Gasteiger partial charge in [-0.05, 0) is 22.0 Å². The third-order valence-corrected chi connectivity index (χ3v) is 4.31. The minimum Gasteiger partial charge on any atom is -0.481 e. The van der Waals surface area contributed by atoms with Gasteiger partial charge in [-0.15, -0.1) is 11.3 Å². The summed E-state index contributed by atoms with van der Waals surface area (Å²) in [4.78, 5) is 14.2. The van der Waals surface area contributed by atoms with E-state index in [0.717, 1.165) is 17.6 Å². The summed E-state index contributed by atoms with van der Waals surface area (Å²) in [6, 6.07) is 2.10. The summed E-state index contributed by atoms with van der Waals surface area (Å²) in [6.07, 6.45) is -0.0883. The molecular weight excluding hydrogens is 306 g/mol. The molecule has 1 N–H and O–H groups in total. The summed E-state index contributed by atoms with van der Waals surface area (Å²) in [5, 5.41) is 10.8. The number of hydrogen-bond donors (Lipinski definition) is 1. The summed E-state index contributed by atoms with van der Waals surface area (Å²) in [5.74, 6) is -0.796. The highest BCUT2D eigenvalue weighted by Crippen LogP contribution is 2.22. The van der Waals surface area contributed by atoms with Crippen molar-refractivity contribution in [2.45, 2.75) is 19.1 Å². The van der Waals surface area contributed by atoms with Crippen LogP contribution < -0.4 is 0 Å². The highest BCUT2D eigenvalue weighted by atomic mass is 79.9. The van der Waals surface area contributed by atoms with Gasteiger partial charge >= 0.3 is 5.97 Å². The first-order valence-corrected chi connectivity index (χ1v) is 7.09. The number of aliphatic carboxylic acids is 1. The van der Waals surface area contributed by atoms with E-state index in [1.165, 1.54) is 4.88 Å². The van der Waals surface area contributed by atoms with E-state index in [9.17, 15) is 4.79 Å². The van der Waals surface area contributed by atoms with Gasteiger partial charge in [0, 0.05) is 34.4 Å². The molecule has 0 saturated carbocycles. The maximum absolute atomic E-state index is 10.6. The molecule has 4 nitrogen and oxygen atoms in total. The van der Waals surface area contributed by atoms with Gasteiger partial charge in [-0.25, -0.2) is 0 Å². The highest BCUT2D eigenvalue weighted by molar-refractivity contribution is 9.10. The second-order valence-electron chi connectivity index (χ2n) is 4.06. The summed E-state index contributed by atoms with van der Waals surface area (Å²) in [6.45, 7) is 3.05. The second kappa shape index (κ2) is 5.95. The number of rotatable bonds is 4. The fourth-order valence-electron chi connectivity index (χ4n) is 1.90. The smallest absolute Gasteiger partial charge is 0.306 e. The Labute approximate surface area is 112 Å². The Kier molecular flexibility index (Phi) is 4.55. The normalized spacial score (nSPS) is 21.6. The maximum Gasteiger partial charge on any atom is 0.306 e. The molecule has 0 aliphatic carbocycles. The Morgan fingerprint density at radius 2 is 2.53 bits per heavy atom. The van der Waals surface area contributed by atoms with Crippen LogP contribution in [0.2, 0.25) is 0 Å². The minimum atomic E-state index is -0.796. The van der Waals surface area contributed by atoms with E-state index < -0.39 is 5.97 Å². The summed E-state index contributed by atoms with van der Waals surface area (Å²) < 4.78 is 6.54. The molecule has 17 heavy (non-hydrogen) atoms. The summed E-state index contributed by atoms with van der Waals surface area (Å²) >= 11 is 5.14. The molecule has 0 bridgehead atoms. The SMILES string of the molecule is O=C(O)CC1CN(Cc2cc(Br)cs2)CCO1. The summed E-state index contributed by atoms with van der Waals surface area (Å²) in [5.41, 5.74) is 0. The predicted octanol–water partition coefficient (Wildman–Crippen LogP) is 2.19. The molecule has 1 aromatic heterocycles. The van der Waals surface area contributed by atoms with Crippen LogP contribution in [0.5, 0.6) is 0 Å². The number of nitrogens with zero attached hydrogens (tertiary/aromatic N) is 1. The van der Waals surface area contributed by atoms with Gasteiger partial charge in [-0.1, -0.05) is 0 Å². The molecule has 0 amide bonds. The van der Waals surface area contributed by atoms with Gasteiger partial charge in [-0.3, -0.25) is 9.69 Å². The average Bonchev–Trinajstić information content (AvgIpc) is 2.63. The molecule has 1 unspecified atom stereocenters. The standard InChI is InChI=1S/C11H14BrNO3S/c12-8-3-10(17-7-8)6-13-1-2-16-9(5-13)4-11(14)15/h3,7,9H,1-2,4-6H2,(H,14,15). The molecule has 94 valence electrons. The minimum absolute atomic E-state index is 0.0879. The van der Waals surface area contributed by atoms with Crippen LogP contribution in [0, 0.1) is 0 Å². The van der Waals surface area contributed by atoms with Crippen molar-refractivity contribution in [3.05, 3.63) is 20.8 Å². The fraction of sp³-hybridized carbons (Fsp3) is 0.545. The van der Waals surface area contributed by atoms with Crippen LogP contribution in [0.25, 0.3) is 0 Å². The lowest BCUT2D eigenvalue weighted by Crippen LogP contribution is -2.42. The zero-order valence-corrected chi connectivity index (χ0v) is 11.7. The van der Waals surface area contributed by atoms with Crippen molar-refractivity contribution in [3.8, 4) is 0 Å². The molecule has 0 spiro atoms. The van der Waals surface area contributed by atoms with Gasteiger partial charge in [0.25, 0.3) is 0 Å². The third kappa shape index (κ3) is 4.06. The van der Waals surface area contributed by atoms with Gasteiger partial charge in [0.2, 0.25) is 0 Å². The first-order valence-electron chi connectivity index (χ1n) is 5.42. The monoisotopic (exact) mass is 319 g/mol. The van der Waals surface area contributed by atoms with Crippen LogP contribution in [0.4, 0.5) is 0 Å². The van der Waals surface area contributed by atoms with E-state index >= 15 is 0 Å². The average molecular weight is 320 g/mol. The van der Waals surface area contributed by atoms with Crippen molar-refractivity contribution >= 4 is 33.2 Å². The fourth-order valence-corrected chi connectivity index (χ4v) is 3.39. The molecule has 1 saturated heterocycles. The molecule has 0 aromatic carbocycles. The van der Waals surface area contributed by atoms with Crippen LogP contribution in [-0.2, 0) is 16.1 Å². The quantitative estimate of drug-likeness (QED) is 0.924. The lowest BCUT2D eigenvalue weighted by Gasteiger charge is -2.31. The number of ether oxygens (including phenoxy) is 1. The number of carbonyl (C=O) groups is 1. The number of hydrogen-bond acceptors (Lipinski definition) is 4. The van der Waals surface area contributed by atoms with E-state index in [0.29, 0.717) is 13.2 Å². The number of thiophene rings is 1. The summed E-state index contributed by atoms with van der Waals surface area (Å²) in [7, 11) is 0. The molecule has 1 aliphatic heterocycles. The second-order valence-corrected chi connectivity index (χ2v) is 5.97. The maximum atomic E-state index is 10.6. The van der Waals surface area contributed by atoms with E-state index in [2.05, 4.69) is 32.3 Å². The van der Waals surface area contributed by atoms with Crippen LogP contribution >= 0.6 is 27.3 Å².